The molecule has 0 saturated carbocycles. The zero-order valence-electron chi connectivity index (χ0n) is 25.8. The van der Waals surface area contributed by atoms with Crippen molar-refractivity contribution in [3.63, 3.8) is 0 Å². The van der Waals surface area contributed by atoms with Crippen molar-refractivity contribution in [2.75, 3.05) is 76.3 Å². The fourth-order valence-electron chi connectivity index (χ4n) is 6.56. The van der Waals surface area contributed by atoms with E-state index in [-0.39, 0.29) is 24.0 Å². The number of halogens is 1. The molecule has 3 aliphatic heterocycles. The normalized spacial score (nSPS) is 20.7. The summed E-state index contributed by atoms with van der Waals surface area (Å²) >= 11 is 6.43. The molecule has 2 unspecified atom stereocenters. The van der Waals surface area contributed by atoms with Gasteiger partial charge in [0.15, 0.2) is 0 Å². The molecule has 0 aliphatic carbocycles. The van der Waals surface area contributed by atoms with Crippen molar-refractivity contribution in [3.05, 3.63) is 58.6 Å². The Morgan fingerprint density at radius 3 is 2.26 bits per heavy atom. The Morgan fingerprint density at radius 1 is 0.930 bits per heavy atom. The molecule has 43 heavy (non-hydrogen) atoms. The molecular formula is C33H44ClN5O4. The van der Waals surface area contributed by atoms with Crippen LogP contribution in [0.4, 0.5) is 16.2 Å². The molecule has 2 aromatic carbocycles. The number of hydrogen-bond donors (Lipinski definition) is 0. The Hall–Kier alpha value is -3.30. The number of ether oxygens (including phenoxy) is 1. The molecule has 5 rings (SSSR count). The second-order valence-corrected chi connectivity index (χ2v) is 12.9. The maximum atomic E-state index is 13.4. The van der Waals surface area contributed by atoms with Crippen LogP contribution in [0.1, 0.15) is 42.1 Å². The van der Waals surface area contributed by atoms with Gasteiger partial charge in [-0.05, 0) is 67.6 Å². The molecule has 2 atom stereocenters. The fourth-order valence-corrected chi connectivity index (χ4v) is 6.74. The number of nitrogens with zero attached hydrogens (tertiary/aromatic N) is 5. The van der Waals surface area contributed by atoms with Gasteiger partial charge in [0.1, 0.15) is 6.10 Å². The summed E-state index contributed by atoms with van der Waals surface area (Å²) in [5, 5.41) is 0.616. The third kappa shape index (κ3) is 7.44. The van der Waals surface area contributed by atoms with Gasteiger partial charge in [0, 0.05) is 102 Å². The topological polar surface area (TPSA) is 76.6 Å². The second-order valence-electron chi connectivity index (χ2n) is 12.5. The van der Waals surface area contributed by atoms with Crippen molar-refractivity contribution in [2.24, 2.45) is 11.8 Å². The summed E-state index contributed by atoms with van der Waals surface area (Å²) in [5.41, 5.74) is 3.46. The smallest absolute Gasteiger partial charge is 0.414 e. The van der Waals surface area contributed by atoms with E-state index in [1.165, 1.54) is 0 Å². The summed E-state index contributed by atoms with van der Waals surface area (Å²) in [5.74, 6) is 1.11. The number of fused-ring (bicyclic) bond motifs is 1. The van der Waals surface area contributed by atoms with Gasteiger partial charge in [-0.3, -0.25) is 14.5 Å². The van der Waals surface area contributed by atoms with Gasteiger partial charge in [-0.1, -0.05) is 23.7 Å². The monoisotopic (exact) mass is 609 g/mol. The predicted octanol–water partition coefficient (Wildman–Crippen LogP) is 4.76. The highest BCUT2D eigenvalue weighted by Gasteiger charge is 2.41. The lowest BCUT2D eigenvalue weighted by Crippen LogP contribution is -2.43. The van der Waals surface area contributed by atoms with E-state index in [4.69, 9.17) is 16.3 Å². The first-order valence-corrected chi connectivity index (χ1v) is 15.8. The molecule has 0 spiro atoms. The molecular weight excluding hydrogens is 566 g/mol. The lowest BCUT2D eigenvalue weighted by Gasteiger charge is -2.32. The van der Waals surface area contributed by atoms with E-state index in [2.05, 4.69) is 4.90 Å². The SMILES string of the molecule is CC(=O)N1CCC(OC(=O)N(CCCN2CC3CN(C(=O)c4cccc(N(C)C)c4)CC3C2)c2ccc(C)c(Cl)c2)CC1. The van der Waals surface area contributed by atoms with Crippen molar-refractivity contribution in [1.29, 1.82) is 0 Å². The molecule has 0 N–H and O–H groups in total. The summed E-state index contributed by atoms with van der Waals surface area (Å²) < 4.78 is 5.93. The number of piperidine rings is 1. The van der Waals surface area contributed by atoms with E-state index < -0.39 is 0 Å². The van der Waals surface area contributed by atoms with Crippen molar-refractivity contribution < 1.29 is 19.1 Å². The Labute approximate surface area is 260 Å². The zero-order chi connectivity index (χ0) is 30.7. The molecule has 0 bridgehead atoms. The summed E-state index contributed by atoms with van der Waals surface area (Å²) in [6, 6.07) is 13.5. The molecule has 2 aromatic rings. The van der Waals surface area contributed by atoms with Gasteiger partial charge in [-0.25, -0.2) is 4.79 Å². The molecule has 232 valence electrons. The van der Waals surface area contributed by atoms with Crippen LogP contribution in [0.5, 0.6) is 0 Å². The molecule has 9 nitrogen and oxygen atoms in total. The van der Waals surface area contributed by atoms with E-state index >= 15 is 0 Å². The minimum Gasteiger partial charge on any atom is -0.446 e. The van der Waals surface area contributed by atoms with Gasteiger partial charge >= 0.3 is 6.09 Å². The number of aryl methyl sites for hydroxylation is 1. The third-order valence-electron chi connectivity index (χ3n) is 9.16. The Morgan fingerprint density at radius 2 is 1.63 bits per heavy atom. The van der Waals surface area contributed by atoms with E-state index in [1.807, 2.05) is 73.3 Å². The molecule has 3 heterocycles. The van der Waals surface area contributed by atoms with E-state index in [0.29, 0.717) is 49.3 Å². The van der Waals surface area contributed by atoms with Gasteiger partial charge in [0.2, 0.25) is 5.91 Å². The number of carbonyl (C=O) groups excluding carboxylic acids is 3. The molecule has 0 radical (unpaired) electrons. The molecule has 0 aromatic heterocycles. The standard InChI is InChI=1S/C33H44ClN5O4/c1-23-9-10-29(18-31(23)34)39(33(42)43-30-11-15-37(16-12-30)24(2)40)14-6-13-36-19-26-21-38(22-27(26)20-36)32(41)25-7-5-8-28(17-25)35(3)4/h5,7-10,17-18,26-27,30H,6,11-16,19-22H2,1-4H3. The van der Waals surface area contributed by atoms with Crippen LogP contribution in [0.25, 0.3) is 0 Å². The van der Waals surface area contributed by atoms with Crippen LogP contribution in [0.3, 0.4) is 0 Å². The van der Waals surface area contributed by atoms with E-state index in [1.54, 1.807) is 16.7 Å². The van der Waals surface area contributed by atoms with Gasteiger partial charge < -0.3 is 24.3 Å². The number of likely N-dealkylation sites (tertiary alicyclic amines) is 3. The number of rotatable bonds is 8. The van der Waals surface area contributed by atoms with Crippen LogP contribution in [0, 0.1) is 18.8 Å². The minimum atomic E-state index is -0.369. The number of anilines is 2. The van der Waals surface area contributed by atoms with Crippen molar-refractivity contribution in [3.8, 4) is 0 Å². The average molecular weight is 610 g/mol. The number of carbonyl (C=O) groups is 3. The molecule has 3 fully saturated rings. The summed E-state index contributed by atoms with van der Waals surface area (Å²) in [7, 11) is 3.97. The quantitative estimate of drug-likeness (QED) is 0.430. The minimum absolute atomic E-state index is 0.0563. The van der Waals surface area contributed by atoms with Gasteiger partial charge in [0.05, 0.1) is 0 Å². The molecule has 3 saturated heterocycles. The Bertz CT molecular complexity index is 1310. The average Bonchev–Trinajstić information content (AvgIpc) is 3.56. The van der Waals surface area contributed by atoms with E-state index in [0.717, 1.165) is 61.6 Å². The Balaban J connectivity index is 1.14. The van der Waals surface area contributed by atoms with Crippen LogP contribution < -0.4 is 9.80 Å². The van der Waals surface area contributed by atoms with Crippen LogP contribution in [0.15, 0.2) is 42.5 Å². The summed E-state index contributed by atoms with van der Waals surface area (Å²) in [6.07, 6.45) is 1.51. The first kappa shape index (κ1) is 31.1. The Kier molecular flexibility index (Phi) is 9.82. The molecule has 3 aliphatic rings. The van der Waals surface area contributed by atoms with Crippen molar-refractivity contribution in [1.82, 2.24) is 14.7 Å². The zero-order valence-corrected chi connectivity index (χ0v) is 26.6. The van der Waals surface area contributed by atoms with E-state index in [9.17, 15) is 14.4 Å². The molecule has 3 amide bonds. The maximum Gasteiger partial charge on any atom is 0.414 e. The van der Waals surface area contributed by atoms with Gasteiger partial charge in [-0.15, -0.1) is 0 Å². The largest absolute Gasteiger partial charge is 0.446 e. The highest BCUT2D eigenvalue weighted by molar-refractivity contribution is 6.31. The van der Waals surface area contributed by atoms with Gasteiger partial charge in [0.25, 0.3) is 5.91 Å². The van der Waals surface area contributed by atoms with Crippen molar-refractivity contribution >= 4 is 40.9 Å². The highest BCUT2D eigenvalue weighted by Crippen LogP contribution is 2.32. The van der Waals surface area contributed by atoms with Crippen LogP contribution in [-0.4, -0.2) is 105 Å². The number of benzene rings is 2. The van der Waals surface area contributed by atoms with Crippen LogP contribution in [-0.2, 0) is 9.53 Å². The highest BCUT2D eigenvalue weighted by atomic mass is 35.5. The first-order valence-electron chi connectivity index (χ1n) is 15.4. The number of hydrogen-bond acceptors (Lipinski definition) is 6. The lowest BCUT2D eigenvalue weighted by atomic mass is 10.0. The predicted molar refractivity (Wildman–Crippen MR) is 170 cm³/mol. The third-order valence-corrected chi connectivity index (χ3v) is 9.56. The molecule has 10 heteroatoms. The van der Waals surface area contributed by atoms with Crippen molar-refractivity contribution in [2.45, 2.75) is 39.2 Å². The fraction of sp³-hybridized carbons (Fsp3) is 0.545. The summed E-state index contributed by atoms with van der Waals surface area (Å²) in [4.78, 5) is 48.3. The van der Waals surface area contributed by atoms with Crippen LogP contribution >= 0.6 is 11.6 Å². The first-order chi connectivity index (χ1) is 20.6. The number of amides is 3. The second kappa shape index (κ2) is 13.6. The maximum absolute atomic E-state index is 13.4. The van der Waals surface area contributed by atoms with Crippen LogP contribution in [0.2, 0.25) is 5.02 Å². The van der Waals surface area contributed by atoms with Gasteiger partial charge in [-0.2, -0.15) is 0 Å². The lowest BCUT2D eigenvalue weighted by molar-refractivity contribution is -0.130. The summed E-state index contributed by atoms with van der Waals surface area (Å²) in [6.45, 7) is 9.60.